The number of oxime groups is 1. The summed E-state index contributed by atoms with van der Waals surface area (Å²) in [6, 6.07) is 0. The highest BCUT2D eigenvalue weighted by atomic mass is 16.4. The Hall–Kier alpha value is -0.770. The molecule has 0 aliphatic heterocycles. The van der Waals surface area contributed by atoms with Crippen LogP contribution in [0.2, 0.25) is 0 Å². The molecule has 0 rings (SSSR count). The Labute approximate surface area is 99.5 Å². The molecular weight excluding hydrogens is 202 g/mol. The molecular formula is C12H27N3O. The molecule has 0 bridgehead atoms. The second-order valence-electron chi connectivity index (χ2n) is 4.60. The van der Waals surface area contributed by atoms with Crippen LogP contribution in [0.5, 0.6) is 0 Å². The standard InChI is InChI=1S/C12H27N3O/c1-4-5-6-7-8-9-15(3)10-11(2)12(13)14-16/h11,16H,4-10H2,1-3H3,(H2,13,14). The van der Waals surface area contributed by atoms with E-state index in [9.17, 15) is 0 Å². The van der Waals surface area contributed by atoms with Crippen LogP contribution in [0.15, 0.2) is 5.16 Å². The maximum absolute atomic E-state index is 8.54. The minimum absolute atomic E-state index is 0.116. The molecule has 0 aliphatic rings. The highest BCUT2D eigenvalue weighted by Crippen LogP contribution is 2.04. The molecule has 0 saturated carbocycles. The molecule has 0 aromatic heterocycles. The zero-order valence-corrected chi connectivity index (χ0v) is 10.9. The molecule has 0 aliphatic carbocycles. The second kappa shape index (κ2) is 9.46. The van der Waals surface area contributed by atoms with Crippen molar-refractivity contribution >= 4 is 5.84 Å². The molecule has 0 saturated heterocycles. The van der Waals surface area contributed by atoms with Gasteiger partial charge in [-0.3, -0.25) is 0 Å². The smallest absolute Gasteiger partial charge is 0.143 e. The lowest BCUT2D eigenvalue weighted by molar-refractivity contribution is 0.290. The van der Waals surface area contributed by atoms with Crippen molar-refractivity contribution in [2.75, 3.05) is 20.1 Å². The molecule has 0 spiro atoms. The van der Waals surface area contributed by atoms with Crippen molar-refractivity contribution in [2.24, 2.45) is 16.8 Å². The van der Waals surface area contributed by atoms with E-state index in [1.807, 2.05) is 6.92 Å². The Morgan fingerprint density at radius 2 is 1.94 bits per heavy atom. The molecule has 1 atom stereocenters. The molecule has 4 heteroatoms. The summed E-state index contributed by atoms with van der Waals surface area (Å²) in [5, 5.41) is 11.6. The zero-order valence-electron chi connectivity index (χ0n) is 10.9. The number of nitrogens with zero attached hydrogens (tertiary/aromatic N) is 2. The first-order valence-corrected chi connectivity index (χ1v) is 6.27. The van der Waals surface area contributed by atoms with Crippen molar-refractivity contribution in [3.8, 4) is 0 Å². The fourth-order valence-corrected chi connectivity index (χ4v) is 1.74. The van der Waals surface area contributed by atoms with E-state index < -0.39 is 0 Å². The fraction of sp³-hybridized carbons (Fsp3) is 0.917. The van der Waals surface area contributed by atoms with E-state index in [1.54, 1.807) is 0 Å². The van der Waals surface area contributed by atoms with E-state index in [0.717, 1.165) is 13.1 Å². The van der Waals surface area contributed by atoms with Crippen LogP contribution in [0.3, 0.4) is 0 Å². The molecule has 0 heterocycles. The van der Waals surface area contributed by atoms with Crippen LogP contribution >= 0.6 is 0 Å². The van der Waals surface area contributed by atoms with Crippen molar-refractivity contribution in [3.05, 3.63) is 0 Å². The summed E-state index contributed by atoms with van der Waals surface area (Å²) in [5.74, 6) is 0.434. The van der Waals surface area contributed by atoms with Crippen LogP contribution in [-0.2, 0) is 0 Å². The number of amidine groups is 1. The Morgan fingerprint density at radius 3 is 2.50 bits per heavy atom. The molecule has 0 fully saturated rings. The van der Waals surface area contributed by atoms with Gasteiger partial charge in [-0.1, -0.05) is 44.7 Å². The SMILES string of the molecule is CCCCCCCN(C)CC(C)C(N)=NO. The summed E-state index contributed by atoms with van der Waals surface area (Å²) >= 11 is 0. The fourth-order valence-electron chi connectivity index (χ4n) is 1.74. The van der Waals surface area contributed by atoms with Gasteiger partial charge in [0.1, 0.15) is 5.84 Å². The Kier molecular flexibility index (Phi) is 9.00. The second-order valence-corrected chi connectivity index (χ2v) is 4.60. The van der Waals surface area contributed by atoms with Crippen LogP contribution < -0.4 is 5.73 Å². The topological polar surface area (TPSA) is 61.8 Å². The van der Waals surface area contributed by atoms with Gasteiger partial charge in [0.05, 0.1) is 0 Å². The summed E-state index contributed by atoms with van der Waals surface area (Å²) in [6.07, 6.45) is 6.50. The first kappa shape index (κ1) is 15.2. The highest BCUT2D eigenvalue weighted by Gasteiger charge is 2.10. The first-order chi connectivity index (χ1) is 7.61. The van der Waals surface area contributed by atoms with E-state index in [2.05, 4.69) is 24.0 Å². The van der Waals surface area contributed by atoms with Gasteiger partial charge >= 0.3 is 0 Å². The average Bonchev–Trinajstić information content (AvgIpc) is 2.27. The molecule has 16 heavy (non-hydrogen) atoms. The van der Waals surface area contributed by atoms with Crippen molar-refractivity contribution in [1.29, 1.82) is 0 Å². The molecule has 0 aromatic carbocycles. The maximum atomic E-state index is 8.54. The molecule has 96 valence electrons. The maximum Gasteiger partial charge on any atom is 0.143 e. The van der Waals surface area contributed by atoms with E-state index in [0.29, 0.717) is 5.84 Å². The minimum Gasteiger partial charge on any atom is -0.409 e. The number of hydrogen-bond donors (Lipinski definition) is 2. The van der Waals surface area contributed by atoms with E-state index in [1.165, 1.54) is 32.1 Å². The number of rotatable bonds is 9. The van der Waals surface area contributed by atoms with Crippen LogP contribution in [0.25, 0.3) is 0 Å². The van der Waals surface area contributed by atoms with E-state index >= 15 is 0 Å². The molecule has 0 amide bonds. The van der Waals surface area contributed by atoms with Gasteiger partial charge in [-0.05, 0) is 20.0 Å². The quantitative estimate of drug-likeness (QED) is 0.210. The normalized spacial score (nSPS) is 14.4. The summed E-state index contributed by atoms with van der Waals surface area (Å²) in [5.41, 5.74) is 5.53. The van der Waals surface area contributed by atoms with Crippen molar-refractivity contribution in [2.45, 2.75) is 46.0 Å². The Morgan fingerprint density at radius 1 is 1.31 bits per heavy atom. The lowest BCUT2D eigenvalue weighted by Crippen LogP contribution is -2.33. The summed E-state index contributed by atoms with van der Waals surface area (Å²) in [7, 11) is 2.08. The molecule has 0 radical (unpaired) electrons. The number of nitrogens with two attached hydrogens (primary N) is 1. The van der Waals surface area contributed by atoms with E-state index in [4.69, 9.17) is 10.9 Å². The Bertz CT molecular complexity index is 195. The molecule has 1 unspecified atom stereocenters. The van der Waals surface area contributed by atoms with Gasteiger partial charge in [0.2, 0.25) is 0 Å². The van der Waals surface area contributed by atoms with Crippen LogP contribution in [0.1, 0.15) is 46.0 Å². The predicted octanol–water partition coefficient (Wildman–Crippen LogP) is 2.27. The Balaban J connectivity index is 3.54. The minimum atomic E-state index is 0.116. The molecule has 3 N–H and O–H groups in total. The third-order valence-electron chi connectivity index (χ3n) is 2.85. The number of unbranched alkanes of at least 4 members (excludes halogenated alkanes) is 4. The third kappa shape index (κ3) is 7.51. The highest BCUT2D eigenvalue weighted by molar-refractivity contribution is 5.82. The van der Waals surface area contributed by atoms with Crippen molar-refractivity contribution in [1.82, 2.24) is 4.90 Å². The van der Waals surface area contributed by atoms with E-state index in [-0.39, 0.29) is 5.92 Å². The van der Waals surface area contributed by atoms with Crippen LogP contribution in [0, 0.1) is 5.92 Å². The van der Waals surface area contributed by atoms with Gasteiger partial charge in [-0.25, -0.2) is 0 Å². The summed E-state index contributed by atoms with van der Waals surface area (Å²) in [4.78, 5) is 2.24. The van der Waals surface area contributed by atoms with Crippen LogP contribution in [-0.4, -0.2) is 36.1 Å². The first-order valence-electron chi connectivity index (χ1n) is 6.27. The monoisotopic (exact) mass is 229 g/mol. The van der Waals surface area contributed by atoms with Gasteiger partial charge in [0.15, 0.2) is 0 Å². The van der Waals surface area contributed by atoms with Gasteiger partial charge in [-0.15, -0.1) is 0 Å². The largest absolute Gasteiger partial charge is 0.409 e. The lowest BCUT2D eigenvalue weighted by Gasteiger charge is -2.20. The van der Waals surface area contributed by atoms with Gasteiger partial charge < -0.3 is 15.8 Å². The molecule has 4 nitrogen and oxygen atoms in total. The average molecular weight is 229 g/mol. The molecule has 0 aromatic rings. The zero-order chi connectivity index (χ0) is 12.4. The number of hydrogen-bond acceptors (Lipinski definition) is 3. The van der Waals surface area contributed by atoms with Gasteiger partial charge in [0, 0.05) is 12.5 Å². The summed E-state index contributed by atoms with van der Waals surface area (Å²) < 4.78 is 0. The summed E-state index contributed by atoms with van der Waals surface area (Å²) in [6.45, 7) is 6.14. The van der Waals surface area contributed by atoms with Gasteiger partial charge in [-0.2, -0.15) is 0 Å². The van der Waals surface area contributed by atoms with Gasteiger partial charge in [0.25, 0.3) is 0 Å². The lowest BCUT2D eigenvalue weighted by atomic mass is 10.1. The van der Waals surface area contributed by atoms with Crippen molar-refractivity contribution in [3.63, 3.8) is 0 Å². The third-order valence-corrected chi connectivity index (χ3v) is 2.85. The van der Waals surface area contributed by atoms with Crippen LogP contribution in [0.4, 0.5) is 0 Å². The van der Waals surface area contributed by atoms with Crippen molar-refractivity contribution < 1.29 is 5.21 Å². The predicted molar refractivity (Wildman–Crippen MR) is 68.8 cm³/mol.